The van der Waals surface area contributed by atoms with E-state index < -0.39 is 17.2 Å². The summed E-state index contributed by atoms with van der Waals surface area (Å²) in [4.78, 5) is 21.3. The number of aromatic nitrogens is 3. The predicted octanol–water partition coefficient (Wildman–Crippen LogP) is 3.88. The van der Waals surface area contributed by atoms with Gasteiger partial charge in [0.05, 0.1) is 10.0 Å². The molecule has 0 unspecified atom stereocenters. The molecule has 9 heteroatoms. The molecule has 0 spiro atoms. The molecule has 0 aromatic carbocycles. The molecule has 112 valence electrons. The Bertz CT molecular complexity index is 698. The fraction of sp³-hybridized carbons (Fsp3) is 0.250. The van der Waals surface area contributed by atoms with E-state index in [1.54, 1.807) is 0 Å². The molecule has 0 aliphatic rings. The molecule has 0 fully saturated rings. The van der Waals surface area contributed by atoms with Gasteiger partial charge in [-0.1, -0.05) is 35.0 Å². The van der Waals surface area contributed by atoms with Gasteiger partial charge in [0.15, 0.2) is 5.16 Å². The zero-order chi connectivity index (χ0) is 15.6. The molecule has 2 aromatic rings. The van der Waals surface area contributed by atoms with Crippen LogP contribution < -0.4 is 5.56 Å². The molecular formula is C12H9Cl2F2N3OS. The van der Waals surface area contributed by atoms with E-state index in [0.29, 0.717) is 22.5 Å². The number of alkyl halides is 2. The molecule has 0 bridgehead atoms. The van der Waals surface area contributed by atoms with Gasteiger partial charge in [-0.3, -0.25) is 9.78 Å². The lowest BCUT2D eigenvalue weighted by Crippen LogP contribution is -2.17. The Balaban J connectivity index is 2.25. The third kappa shape index (κ3) is 4.15. The SMILES string of the molecule is CC(F)(F)c1cc(=O)[nH]c(SCc2c(Cl)cncc2Cl)n1. The number of thioether (sulfide) groups is 1. The summed E-state index contributed by atoms with van der Waals surface area (Å²) >= 11 is 13.0. The van der Waals surface area contributed by atoms with Gasteiger partial charge in [0.2, 0.25) is 0 Å². The molecule has 2 rings (SSSR count). The second kappa shape index (κ2) is 6.29. The summed E-state index contributed by atoms with van der Waals surface area (Å²) in [6, 6.07) is 0.774. The van der Waals surface area contributed by atoms with Crippen LogP contribution in [0.5, 0.6) is 0 Å². The maximum atomic E-state index is 13.2. The van der Waals surface area contributed by atoms with Crippen LogP contribution in [0.15, 0.2) is 28.4 Å². The largest absolute Gasteiger partial charge is 0.301 e. The Morgan fingerprint density at radius 1 is 1.33 bits per heavy atom. The standard InChI is InChI=1S/C12H9Cl2F2N3OS/c1-12(15,16)9-2-10(20)19-11(18-9)21-5-6-7(13)3-17-4-8(6)14/h2-4H,5H2,1H3,(H,18,19,20). The normalized spacial score (nSPS) is 11.7. The minimum Gasteiger partial charge on any atom is -0.301 e. The Hall–Kier alpha value is -1.18. The molecule has 0 atom stereocenters. The Kier molecular flexibility index (Phi) is 4.85. The van der Waals surface area contributed by atoms with Gasteiger partial charge in [-0.15, -0.1) is 0 Å². The van der Waals surface area contributed by atoms with Crippen LogP contribution in [0.2, 0.25) is 10.0 Å². The van der Waals surface area contributed by atoms with E-state index in [2.05, 4.69) is 15.0 Å². The molecular weight excluding hydrogens is 343 g/mol. The fourth-order valence-corrected chi connectivity index (χ4v) is 3.03. The number of aromatic amines is 1. The van der Waals surface area contributed by atoms with Gasteiger partial charge in [-0.2, -0.15) is 8.78 Å². The van der Waals surface area contributed by atoms with E-state index in [1.165, 1.54) is 12.4 Å². The van der Waals surface area contributed by atoms with Crippen molar-refractivity contribution >= 4 is 35.0 Å². The number of hydrogen-bond donors (Lipinski definition) is 1. The number of rotatable bonds is 4. The summed E-state index contributed by atoms with van der Waals surface area (Å²) in [6.07, 6.45) is 2.85. The van der Waals surface area contributed by atoms with Crippen LogP contribution in [0.3, 0.4) is 0 Å². The van der Waals surface area contributed by atoms with Gasteiger partial charge in [0, 0.05) is 36.7 Å². The van der Waals surface area contributed by atoms with E-state index in [1.807, 2.05) is 0 Å². The molecule has 4 nitrogen and oxygen atoms in total. The Morgan fingerprint density at radius 3 is 2.52 bits per heavy atom. The van der Waals surface area contributed by atoms with Crippen molar-refractivity contribution in [1.29, 1.82) is 0 Å². The molecule has 0 amide bonds. The van der Waals surface area contributed by atoms with Gasteiger partial charge in [-0.25, -0.2) is 4.98 Å². The number of hydrogen-bond acceptors (Lipinski definition) is 4. The highest BCUT2D eigenvalue weighted by atomic mass is 35.5. The molecule has 0 saturated heterocycles. The summed E-state index contributed by atoms with van der Waals surface area (Å²) in [5.41, 5.74) is -0.633. The van der Waals surface area contributed by atoms with Crippen LogP contribution in [0.4, 0.5) is 8.78 Å². The first kappa shape index (κ1) is 16.2. The fourth-order valence-electron chi connectivity index (χ4n) is 1.44. The highest BCUT2D eigenvalue weighted by Gasteiger charge is 2.27. The van der Waals surface area contributed by atoms with Crippen LogP contribution in [0.1, 0.15) is 18.2 Å². The van der Waals surface area contributed by atoms with Gasteiger partial charge in [-0.05, 0) is 0 Å². The van der Waals surface area contributed by atoms with Crippen molar-refractivity contribution in [2.75, 3.05) is 0 Å². The topological polar surface area (TPSA) is 58.6 Å². The van der Waals surface area contributed by atoms with Crippen molar-refractivity contribution in [3.63, 3.8) is 0 Å². The third-order valence-corrected chi connectivity index (χ3v) is 4.03. The van der Waals surface area contributed by atoms with Crippen molar-refractivity contribution in [2.24, 2.45) is 0 Å². The average molecular weight is 352 g/mol. The van der Waals surface area contributed by atoms with Crippen LogP contribution in [-0.2, 0) is 11.7 Å². The van der Waals surface area contributed by atoms with Crippen LogP contribution in [-0.4, -0.2) is 15.0 Å². The summed E-state index contributed by atoms with van der Waals surface area (Å²) in [6.45, 7) is 0.680. The van der Waals surface area contributed by atoms with Crippen LogP contribution in [0.25, 0.3) is 0 Å². The van der Waals surface area contributed by atoms with Crippen LogP contribution >= 0.6 is 35.0 Å². The second-order valence-corrected chi connectivity index (χ2v) is 5.97. The number of nitrogens with zero attached hydrogens (tertiary/aromatic N) is 2. The summed E-state index contributed by atoms with van der Waals surface area (Å²) in [7, 11) is 0. The molecule has 0 aliphatic carbocycles. The van der Waals surface area contributed by atoms with Gasteiger partial charge in [0.25, 0.3) is 11.5 Å². The highest BCUT2D eigenvalue weighted by Crippen LogP contribution is 2.30. The molecule has 21 heavy (non-hydrogen) atoms. The molecule has 0 aliphatic heterocycles. The minimum atomic E-state index is -3.18. The first-order valence-corrected chi connectivity index (χ1v) is 7.42. The summed E-state index contributed by atoms with van der Waals surface area (Å²) in [5.74, 6) is -2.92. The quantitative estimate of drug-likeness (QED) is 0.670. The van der Waals surface area contributed by atoms with Crippen molar-refractivity contribution in [3.05, 3.63) is 50.1 Å². The Labute approximate surface area is 132 Å². The number of halogens is 4. The lowest BCUT2D eigenvalue weighted by molar-refractivity contribution is 0.0118. The van der Waals surface area contributed by atoms with Gasteiger partial charge >= 0.3 is 0 Å². The number of H-pyrrole nitrogens is 1. The van der Waals surface area contributed by atoms with Crippen molar-refractivity contribution in [3.8, 4) is 0 Å². The minimum absolute atomic E-state index is 0.0722. The van der Waals surface area contributed by atoms with Crippen molar-refractivity contribution in [2.45, 2.75) is 23.8 Å². The Morgan fingerprint density at radius 2 is 1.95 bits per heavy atom. The number of nitrogens with one attached hydrogen (secondary N) is 1. The van der Waals surface area contributed by atoms with E-state index in [9.17, 15) is 13.6 Å². The van der Waals surface area contributed by atoms with Crippen molar-refractivity contribution < 1.29 is 8.78 Å². The monoisotopic (exact) mass is 351 g/mol. The van der Waals surface area contributed by atoms with E-state index >= 15 is 0 Å². The zero-order valence-corrected chi connectivity index (χ0v) is 13.0. The van der Waals surface area contributed by atoms with E-state index in [4.69, 9.17) is 23.2 Å². The van der Waals surface area contributed by atoms with E-state index in [0.717, 1.165) is 17.8 Å². The zero-order valence-electron chi connectivity index (χ0n) is 10.7. The van der Waals surface area contributed by atoms with Gasteiger partial charge in [0.1, 0.15) is 5.69 Å². The van der Waals surface area contributed by atoms with Crippen LogP contribution in [0, 0.1) is 0 Å². The maximum Gasteiger partial charge on any atom is 0.287 e. The first-order valence-electron chi connectivity index (χ1n) is 5.67. The van der Waals surface area contributed by atoms with Crippen molar-refractivity contribution in [1.82, 2.24) is 15.0 Å². The van der Waals surface area contributed by atoms with E-state index in [-0.39, 0.29) is 10.9 Å². The molecule has 1 N–H and O–H groups in total. The molecule has 2 heterocycles. The smallest absolute Gasteiger partial charge is 0.287 e. The molecule has 0 radical (unpaired) electrons. The maximum absolute atomic E-state index is 13.2. The molecule has 0 saturated carbocycles. The third-order valence-electron chi connectivity index (χ3n) is 2.48. The highest BCUT2D eigenvalue weighted by molar-refractivity contribution is 7.98. The lowest BCUT2D eigenvalue weighted by Gasteiger charge is -2.10. The van der Waals surface area contributed by atoms with Gasteiger partial charge < -0.3 is 4.98 Å². The summed E-state index contributed by atoms with van der Waals surface area (Å²) in [5, 5.41) is 0.784. The number of pyridine rings is 1. The average Bonchev–Trinajstić information content (AvgIpc) is 2.36. The predicted molar refractivity (Wildman–Crippen MR) is 78.2 cm³/mol. The lowest BCUT2D eigenvalue weighted by atomic mass is 10.3. The molecule has 2 aromatic heterocycles. The second-order valence-electron chi connectivity index (χ2n) is 4.19. The summed E-state index contributed by atoms with van der Waals surface area (Å²) < 4.78 is 26.5. The first-order chi connectivity index (χ1) is 9.77.